The molecule has 2 unspecified atom stereocenters. The van der Waals surface area contributed by atoms with Crippen molar-refractivity contribution in [2.24, 2.45) is 4.99 Å². The third-order valence-corrected chi connectivity index (χ3v) is 4.06. The molecular weight excluding hydrogens is 292 g/mol. The predicted molar refractivity (Wildman–Crippen MR) is 96.2 cm³/mol. The van der Waals surface area contributed by atoms with E-state index in [1.165, 1.54) is 0 Å². The molecule has 136 valence electrons. The summed E-state index contributed by atoms with van der Waals surface area (Å²) >= 11 is 0. The molecule has 0 spiro atoms. The van der Waals surface area contributed by atoms with Gasteiger partial charge in [0.25, 0.3) is 0 Å². The van der Waals surface area contributed by atoms with Crippen molar-refractivity contribution >= 4 is 5.96 Å². The summed E-state index contributed by atoms with van der Waals surface area (Å²) in [5, 5.41) is 6.73. The van der Waals surface area contributed by atoms with E-state index in [1.54, 1.807) is 0 Å². The van der Waals surface area contributed by atoms with Crippen molar-refractivity contribution in [3.05, 3.63) is 0 Å². The highest BCUT2D eigenvalue weighted by Gasteiger charge is 2.23. The lowest BCUT2D eigenvalue weighted by Crippen LogP contribution is -2.49. The number of guanidine groups is 1. The van der Waals surface area contributed by atoms with Gasteiger partial charge in [-0.15, -0.1) is 0 Å². The molecule has 1 aliphatic rings. The third-order valence-electron chi connectivity index (χ3n) is 4.06. The minimum atomic E-state index is 0.433. The van der Waals surface area contributed by atoms with Gasteiger partial charge in [0, 0.05) is 44.9 Å². The number of hydrogen-bond donors (Lipinski definition) is 2. The van der Waals surface area contributed by atoms with Crippen molar-refractivity contribution in [1.29, 1.82) is 0 Å². The number of ether oxygens (including phenoxy) is 2. The van der Waals surface area contributed by atoms with Crippen LogP contribution in [0.15, 0.2) is 4.99 Å². The summed E-state index contributed by atoms with van der Waals surface area (Å²) < 4.78 is 10.9. The zero-order valence-electron chi connectivity index (χ0n) is 15.4. The van der Waals surface area contributed by atoms with Crippen LogP contribution in [-0.4, -0.2) is 75.5 Å². The molecule has 0 aromatic carbocycles. The second-order valence-corrected chi connectivity index (χ2v) is 6.06. The van der Waals surface area contributed by atoms with Crippen LogP contribution in [0.1, 0.15) is 40.5 Å². The lowest BCUT2D eigenvalue weighted by molar-refractivity contribution is -0.0165. The van der Waals surface area contributed by atoms with Crippen molar-refractivity contribution in [3.63, 3.8) is 0 Å². The Balaban J connectivity index is 2.32. The van der Waals surface area contributed by atoms with Crippen molar-refractivity contribution in [1.82, 2.24) is 15.5 Å². The van der Waals surface area contributed by atoms with Crippen molar-refractivity contribution in [3.8, 4) is 0 Å². The molecule has 23 heavy (non-hydrogen) atoms. The Bertz CT molecular complexity index is 326. The molecule has 2 N–H and O–H groups in total. The zero-order valence-corrected chi connectivity index (χ0v) is 15.4. The fourth-order valence-corrected chi connectivity index (χ4v) is 2.75. The Morgan fingerprint density at radius 1 is 1.35 bits per heavy atom. The third kappa shape index (κ3) is 8.53. The first-order valence-corrected chi connectivity index (χ1v) is 9.12. The van der Waals surface area contributed by atoms with Gasteiger partial charge in [0.05, 0.1) is 19.8 Å². The largest absolute Gasteiger partial charge is 0.382 e. The van der Waals surface area contributed by atoms with E-state index in [2.05, 4.69) is 36.3 Å². The normalized spacial score (nSPS) is 21.2. The SMILES string of the molecule is CCNC(=NCC(C)N1CCOCC1C)NCCCCOCC. The minimum absolute atomic E-state index is 0.433. The predicted octanol–water partition coefficient (Wildman–Crippen LogP) is 1.47. The van der Waals surface area contributed by atoms with Gasteiger partial charge in [0.15, 0.2) is 5.96 Å². The van der Waals surface area contributed by atoms with Crippen LogP contribution in [-0.2, 0) is 9.47 Å². The maximum Gasteiger partial charge on any atom is 0.191 e. The van der Waals surface area contributed by atoms with Gasteiger partial charge < -0.3 is 20.1 Å². The molecular formula is C17H36N4O2. The molecule has 0 amide bonds. The number of nitrogens with one attached hydrogen (secondary N) is 2. The Morgan fingerprint density at radius 2 is 2.17 bits per heavy atom. The molecule has 1 fully saturated rings. The van der Waals surface area contributed by atoms with Crippen LogP contribution in [0.4, 0.5) is 0 Å². The van der Waals surface area contributed by atoms with Crippen molar-refractivity contribution < 1.29 is 9.47 Å². The number of unbranched alkanes of at least 4 members (excludes halogenated alkanes) is 1. The second-order valence-electron chi connectivity index (χ2n) is 6.06. The van der Waals surface area contributed by atoms with E-state index >= 15 is 0 Å². The molecule has 1 saturated heterocycles. The average Bonchev–Trinajstić information content (AvgIpc) is 2.55. The van der Waals surface area contributed by atoms with Crippen LogP contribution in [0.5, 0.6) is 0 Å². The molecule has 1 aliphatic heterocycles. The topological polar surface area (TPSA) is 58.1 Å². The van der Waals surface area contributed by atoms with Crippen LogP contribution >= 0.6 is 0 Å². The van der Waals surface area contributed by atoms with E-state index in [0.717, 1.165) is 71.4 Å². The van der Waals surface area contributed by atoms with E-state index < -0.39 is 0 Å². The maximum atomic E-state index is 5.51. The Morgan fingerprint density at radius 3 is 2.87 bits per heavy atom. The second kappa shape index (κ2) is 12.6. The highest BCUT2D eigenvalue weighted by molar-refractivity contribution is 5.79. The van der Waals surface area contributed by atoms with Crippen molar-refractivity contribution in [2.75, 3.05) is 52.6 Å². The lowest BCUT2D eigenvalue weighted by Gasteiger charge is -2.37. The standard InChI is InChI=1S/C17H36N4O2/c1-5-18-17(19-9-7-8-11-22-6-2)20-13-15(3)21-10-12-23-14-16(21)4/h15-16H,5-14H2,1-4H3,(H2,18,19,20). The summed E-state index contributed by atoms with van der Waals surface area (Å²) in [6.45, 7) is 15.5. The zero-order chi connectivity index (χ0) is 16.9. The summed E-state index contributed by atoms with van der Waals surface area (Å²) in [5.41, 5.74) is 0. The lowest BCUT2D eigenvalue weighted by atomic mass is 10.2. The monoisotopic (exact) mass is 328 g/mol. The molecule has 0 saturated carbocycles. The van der Waals surface area contributed by atoms with Crippen LogP contribution in [0.25, 0.3) is 0 Å². The fraction of sp³-hybridized carbons (Fsp3) is 0.941. The molecule has 1 heterocycles. The van der Waals surface area contributed by atoms with E-state index in [0.29, 0.717) is 12.1 Å². The van der Waals surface area contributed by atoms with Crippen LogP contribution in [0.3, 0.4) is 0 Å². The first-order chi connectivity index (χ1) is 11.2. The van der Waals surface area contributed by atoms with Gasteiger partial charge in [0.1, 0.15) is 0 Å². The quantitative estimate of drug-likeness (QED) is 0.361. The van der Waals surface area contributed by atoms with Crippen LogP contribution in [0.2, 0.25) is 0 Å². The van der Waals surface area contributed by atoms with E-state index in [9.17, 15) is 0 Å². The van der Waals surface area contributed by atoms with Crippen LogP contribution < -0.4 is 10.6 Å². The smallest absolute Gasteiger partial charge is 0.191 e. The van der Waals surface area contributed by atoms with Gasteiger partial charge in [-0.05, 0) is 40.5 Å². The van der Waals surface area contributed by atoms with Gasteiger partial charge >= 0.3 is 0 Å². The van der Waals surface area contributed by atoms with E-state index in [1.807, 2.05) is 6.92 Å². The van der Waals surface area contributed by atoms with Gasteiger partial charge in [0.2, 0.25) is 0 Å². The first kappa shape index (κ1) is 20.2. The summed E-state index contributed by atoms with van der Waals surface area (Å²) in [6.07, 6.45) is 2.18. The van der Waals surface area contributed by atoms with Gasteiger partial charge in [-0.3, -0.25) is 9.89 Å². The number of rotatable bonds is 10. The fourth-order valence-electron chi connectivity index (χ4n) is 2.75. The Kier molecular flexibility index (Phi) is 11.0. The highest BCUT2D eigenvalue weighted by atomic mass is 16.5. The van der Waals surface area contributed by atoms with Gasteiger partial charge in [-0.25, -0.2) is 0 Å². The molecule has 0 radical (unpaired) electrons. The summed E-state index contributed by atoms with van der Waals surface area (Å²) in [7, 11) is 0. The highest BCUT2D eigenvalue weighted by Crippen LogP contribution is 2.10. The molecule has 0 aliphatic carbocycles. The average molecular weight is 329 g/mol. The molecule has 0 aromatic rings. The minimum Gasteiger partial charge on any atom is -0.382 e. The molecule has 6 nitrogen and oxygen atoms in total. The number of nitrogens with zero attached hydrogens (tertiary/aromatic N) is 2. The van der Waals surface area contributed by atoms with Crippen LogP contribution in [0, 0.1) is 0 Å². The molecule has 2 atom stereocenters. The Labute approximate surface area is 142 Å². The summed E-state index contributed by atoms with van der Waals surface area (Å²) in [6, 6.07) is 0.908. The number of morpholine rings is 1. The van der Waals surface area contributed by atoms with E-state index in [4.69, 9.17) is 14.5 Å². The summed E-state index contributed by atoms with van der Waals surface area (Å²) in [5.74, 6) is 0.914. The van der Waals surface area contributed by atoms with E-state index in [-0.39, 0.29) is 0 Å². The first-order valence-electron chi connectivity index (χ1n) is 9.12. The molecule has 0 aromatic heterocycles. The molecule has 1 rings (SSSR count). The van der Waals surface area contributed by atoms with Gasteiger partial charge in [-0.1, -0.05) is 0 Å². The van der Waals surface area contributed by atoms with Gasteiger partial charge in [-0.2, -0.15) is 0 Å². The Hall–Kier alpha value is -0.850. The molecule has 0 bridgehead atoms. The number of aliphatic imine (C=N–C) groups is 1. The number of hydrogen-bond acceptors (Lipinski definition) is 4. The molecule has 6 heteroatoms. The summed E-state index contributed by atoms with van der Waals surface area (Å²) in [4.78, 5) is 7.22. The maximum absolute atomic E-state index is 5.51. The van der Waals surface area contributed by atoms with Crippen molar-refractivity contribution in [2.45, 2.75) is 52.6 Å².